The Balaban J connectivity index is 2.26. The Morgan fingerprint density at radius 2 is 2.12 bits per heavy atom. The minimum atomic E-state index is -0.809. The van der Waals surface area contributed by atoms with E-state index < -0.39 is 5.97 Å². The van der Waals surface area contributed by atoms with E-state index in [9.17, 15) is 9.59 Å². The summed E-state index contributed by atoms with van der Waals surface area (Å²) in [7, 11) is 0. The minimum absolute atomic E-state index is 0.00170. The third-order valence-electron chi connectivity index (χ3n) is 3.35. The molecule has 0 heterocycles. The standard InChI is InChI=1S/C12H21NO3/c1-8(6-11(14)15)7-13-12(16)10-5-3-4-9(10)2/h8-10H,3-7H2,1-2H3,(H,13,16)(H,14,15). The van der Waals surface area contributed by atoms with Crippen LogP contribution in [0.5, 0.6) is 0 Å². The molecule has 0 aromatic heterocycles. The average molecular weight is 227 g/mol. The zero-order valence-electron chi connectivity index (χ0n) is 10.0. The van der Waals surface area contributed by atoms with Crippen molar-refractivity contribution >= 4 is 11.9 Å². The molecule has 1 rings (SSSR count). The van der Waals surface area contributed by atoms with Gasteiger partial charge in [-0.2, -0.15) is 0 Å². The molecule has 0 aromatic carbocycles. The van der Waals surface area contributed by atoms with Gasteiger partial charge in [0.1, 0.15) is 0 Å². The lowest BCUT2D eigenvalue weighted by atomic mass is 9.97. The lowest BCUT2D eigenvalue weighted by molar-refractivity contribution is -0.138. The van der Waals surface area contributed by atoms with Crippen LogP contribution in [0.3, 0.4) is 0 Å². The van der Waals surface area contributed by atoms with E-state index in [0.29, 0.717) is 12.5 Å². The SMILES string of the molecule is CC(CNC(=O)C1CCCC1C)CC(=O)O. The van der Waals surface area contributed by atoms with Crippen LogP contribution in [0.2, 0.25) is 0 Å². The first kappa shape index (κ1) is 13.0. The van der Waals surface area contributed by atoms with Gasteiger partial charge in [-0.05, 0) is 24.7 Å². The fraction of sp³-hybridized carbons (Fsp3) is 0.833. The van der Waals surface area contributed by atoms with Crippen molar-refractivity contribution in [3.8, 4) is 0 Å². The van der Waals surface area contributed by atoms with Gasteiger partial charge in [-0.3, -0.25) is 9.59 Å². The topological polar surface area (TPSA) is 66.4 Å². The molecule has 0 spiro atoms. The molecule has 1 saturated carbocycles. The number of amides is 1. The smallest absolute Gasteiger partial charge is 0.303 e. The van der Waals surface area contributed by atoms with Gasteiger partial charge < -0.3 is 10.4 Å². The molecule has 0 aliphatic heterocycles. The average Bonchev–Trinajstić information content (AvgIpc) is 2.60. The van der Waals surface area contributed by atoms with E-state index in [1.54, 1.807) is 0 Å². The zero-order chi connectivity index (χ0) is 12.1. The Hall–Kier alpha value is -1.06. The molecule has 1 aliphatic rings. The molecule has 3 unspecified atom stereocenters. The Morgan fingerprint density at radius 1 is 1.44 bits per heavy atom. The highest BCUT2D eigenvalue weighted by Gasteiger charge is 2.29. The van der Waals surface area contributed by atoms with E-state index >= 15 is 0 Å². The van der Waals surface area contributed by atoms with Crippen molar-refractivity contribution in [2.75, 3.05) is 6.54 Å². The Kier molecular flexibility index (Phi) is 4.77. The van der Waals surface area contributed by atoms with E-state index in [-0.39, 0.29) is 24.2 Å². The number of nitrogens with one attached hydrogen (secondary N) is 1. The normalized spacial score (nSPS) is 26.4. The molecule has 4 heteroatoms. The van der Waals surface area contributed by atoms with Crippen LogP contribution in [0, 0.1) is 17.8 Å². The molecular formula is C12H21NO3. The van der Waals surface area contributed by atoms with Crippen molar-refractivity contribution in [3.63, 3.8) is 0 Å². The molecule has 2 N–H and O–H groups in total. The molecule has 16 heavy (non-hydrogen) atoms. The van der Waals surface area contributed by atoms with E-state index in [1.807, 2.05) is 6.92 Å². The number of rotatable bonds is 5. The fourth-order valence-corrected chi connectivity index (χ4v) is 2.31. The maximum absolute atomic E-state index is 11.8. The van der Waals surface area contributed by atoms with E-state index in [0.717, 1.165) is 19.3 Å². The van der Waals surface area contributed by atoms with E-state index in [1.165, 1.54) is 0 Å². The summed E-state index contributed by atoms with van der Waals surface area (Å²) < 4.78 is 0. The monoisotopic (exact) mass is 227 g/mol. The van der Waals surface area contributed by atoms with Gasteiger partial charge in [0, 0.05) is 18.9 Å². The van der Waals surface area contributed by atoms with Gasteiger partial charge in [-0.25, -0.2) is 0 Å². The Morgan fingerprint density at radius 3 is 2.62 bits per heavy atom. The fourth-order valence-electron chi connectivity index (χ4n) is 2.31. The van der Waals surface area contributed by atoms with Crippen molar-refractivity contribution in [2.24, 2.45) is 17.8 Å². The van der Waals surface area contributed by atoms with E-state index in [4.69, 9.17) is 5.11 Å². The van der Waals surface area contributed by atoms with Crippen LogP contribution in [-0.4, -0.2) is 23.5 Å². The predicted molar refractivity (Wildman–Crippen MR) is 60.9 cm³/mol. The summed E-state index contributed by atoms with van der Waals surface area (Å²) in [5.41, 5.74) is 0. The van der Waals surface area contributed by atoms with Gasteiger partial charge in [-0.1, -0.05) is 20.3 Å². The van der Waals surface area contributed by atoms with Crippen LogP contribution < -0.4 is 5.32 Å². The van der Waals surface area contributed by atoms with Crippen molar-refractivity contribution in [1.82, 2.24) is 5.32 Å². The second-order valence-corrected chi connectivity index (χ2v) is 4.96. The zero-order valence-corrected chi connectivity index (χ0v) is 10.0. The molecule has 0 saturated heterocycles. The summed E-state index contributed by atoms with van der Waals surface area (Å²) in [6.07, 6.45) is 3.34. The number of carboxylic acid groups (broad SMARTS) is 1. The van der Waals surface area contributed by atoms with Gasteiger partial charge in [-0.15, -0.1) is 0 Å². The number of carbonyl (C=O) groups excluding carboxylic acids is 1. The van der Waals surface area contributed by atoms with Crippen LogP contribution in [0.25, 0.3) is 0 Å². The Labute approximate surface area is 96.4 Å². The summed E-state index contributed by atoms with van der Waals surface area (Å²) in [5.74, 6) is -0.108. The lowest BCUT2D eigenvalue weighted by Crippen LogP contribution is -2.35. The molecule has 0 bridgehead atoms. The summed E-state index contributed by atoms with van der Waals surface area (Å²) in [6.45, 7) is 4.42. The third kappa shape index (κ3) is 3.83. The van der Waals surface area contributed by atoms with Gasteiger partial charge in [0.15, 0.2) is 0 Å². The second kappa shape index (κ2) is 5.87. The molecule has 1 amide bonds. The highest BCUT2D eigenvalue weighted by molar-refractivity contribution is 5.79. The highest BCUT2D eigenvalue weighted by Crippen LogP contribution is 2.31. The van der Waals surface area contributed by atoms with Gasteiger partial charge in [0.25, 0.3) is 0 Å². The van der Waals surface area contributed by atoms with Crippen LogP contribution in [-0.2, 0) is 9.59 Å². The molecule has 4 nitrogen and oxygen atoms in total. The number of aliphatic carboxylic acids is 1. The summed E-state index contributed by atoms with van der Waals surface area (Å²) >= 11 is 0. The van der Waals surface area contributed by atoms with E-state index in [2.05, 4.69) is 12.2 Å². The van der Waals surface area contributed by atoms with Crippen LogP contribution in [0.4, 0.5) is 0 Å². The summed E-state index contributed by atoms with van der Waals surface area (Å²) in [6, 6.07) is 0. The number of hydrogen-bond acceptors (Lipinski definition) is 2. The quantitative estimate of drug-likeness (QED) is 0.750. The highest BCUT2D eigenvalue weighted by atomic mass is 16.4. The minimum Gasteiger partial charge on any atom is -0.481 e. The third-order valence-corrected chi connectivity index (χ3v) is 3.35. The van der Waals surface area contributed by atoms with Gasteiger partial charge in [0.2, 0.25) is 5.91 Å². The number of carbonyl (C=O) groups is 2. The molecule has 0 aromatic rings. The first-order valence-corrected chi connectivity index (χ1v) is 6.00. The maximum atomic E-state index is 11.8. The largest absolute Gasteiger partial charge is 0.481 e. The lowest BCUT2D eigenvalue weighted by Gasteiger charge is -2.17. The van der Waals surface area contributed by atoms with Crippen LogP contribution in [0.15, 0.2) is 0 Å². The van der Waals surface area contributed by atoms with Crippen molar-refractivity contribution in [2.45, 2.75) is 39.5 Å². The first-order chi connectivity index (χ1) is 7.50. The van der Waals surface area contributed by atoms with Crippen molar-refractivity contribution in [1.29, 1.82) is 0 Å². The first-order valence-electron chi connectivity index (χ1n) is 6.00. The number of carboxylic acids is 1. The van der Waals surface area contributed by atoms with Crippen LogP contribution in [0.1, 0.15) is 39.5 Å². The molecule has 92 valence electrons. The molecule has 3 atom stereocenters. The second-order valence-electron chi connectivity index (χ2n) is 4.96. The predicted octanol–water partition coefficient (Wildman–Crippen LogP) is 1.65. The molecule has 1 fully saturated rings. The van der Waals surface area contributed by atoms with Crippen molar-refractivity contribution in [3.05, 3.63) is 0 Å². The molecule has 0 radical (unpaired) electrons. The maximum Gasteiger partial charge on any atom is 0.303 e. The summed E-state index contributed by atoms with van der Waals surface area (Å²) in [5, 5.41) is 11.4. The molecule has 1 aliphatic carbocycles. The Bertz CT molecular complexity index is 265. The number of hydrogen-bond donors (Lipinski definition) is 2. The molecular weight excluding hydrogens is 206 g/mol. The van der Waals surface area contributed by atoms with Crippen LogP contribution >= 0.6 is 0 Å². The van der Waals surface area contributed by atoms with Gasteiger partial charge in [0.05, 0.1) is 0 Å². The van der Waals surface area contributed by atoms with Crippen molar-refractivity contribution < 1.29 is 14.7 Å². The van der Waals surface area contributed by atoms with Gasteiger partial charge >= 0.3 is 5.97 Å². The summed E-state index contributed by atoms with van der Waals surface area (Å²) in [4.78, 5) is 22.2.